The van der Waals surface area contributed by atoms with E-state index in [-0.39, 0.29) is 11.8 Å². The number of fused-ring (bicyclic) bond motifs is 1. The molecule has 0 bridgehead atoms. The molecule has 2 aromatic heterocycles. The number of methoxy groups -OCH3 is 1. The second-order valence-corrected chi connectivity index (χ2v) is 5.84. The number of amides is 1. The largest absolute Gasteiger partial charge is 0.384 e. The molecule has 1 atom stereocenters. The lowest BCUT2D eigenvalue weighted by Gasteiger charge is -2.31. The van der Waals surface area contributed by atoms with Gasteiger partial charge in [0.2, 0.25) is 5.91 Å². The molecule has 118 valence electrons. The van der Waals surface area contributed by atoms with Gasteiger partial charge in [-0.25, -0.2) is 0 Å². The number of ether oxygens (including phenoxy) is 1. The molecule has 6 nitrogen and oxygen atoms in total. The maximum Gasteiger partial charge on any atom is 0.223 e. The van der Waals surface area contributed by atoms with Crippen LogP contribution < -0.4 is 0 Å². The maximum atomic E-state index is 12.5. The summed E-state index contributed by atoms with van der Waals surface area (Å²) in [6.07, 6.45) is 5.16. The Kier molecular flexibility index (Phi) is 4.29. The summed E-state index contributed by atoms with van der Waals surface area (Å²) in [6.45, 7) is 1.92. The fraction of sp³-hybridized carbons (Fsp3) is 0.500. The Hall–Kier alpha value is -2.08. The number of nitrogens with zero attached hydrogens (tertiary/aromatic N) is 3. The van der Waals surface area contributed by atoms with E-state index in [1.807, 2.05) is 41.2 Å². The predicted molar refractivity (Wildman–Crippen MR) is 82.4 cm³/mol. The van der Waals surface area contributed by atoms with Gasteiger partial charge in [0.15, 0.2) is 0 Å². The van der Waals surface area contributed by atoms with Crippen LogP contribution in [0.15, 0.2) is 24.5 Å². The first-order chi connectivity index (χ1) is 10.7. The van der Waals surface area contributed by atoms with E-state index >= 15 is 0 Å². The highest BCUT2D eigenvalue weighted by atomic mass is 16.5. The van der Waals surface area contributed by atoms with E-state index in [2.05, 4.69) is 10.1 Å². The van der Waals surface area contributed by atoms with Crippen molar-refractivity contribution in [2.24, 2.45) is 7.05 Å². The van der Waals surface area contributed by atoms with Gasteiger partial charge < -0.3 is 14.6 Å². The number of carbonyl (C=O) groups is 1. The fourth-order valence-corrected chi connectivity index (χ4v) is 3.09. The van der Waals surface area contributed by atoms with E-state index in [1.54, 1.807) is 7.11 Å². The lowest BCUT2D eigenvalue weighted by molar-refractivity contribution is -0.132. The van der Waals surface area contributed by atoms with Crippen molar-refractivity contribution in [1.29, 1.82) is 0 Å². The zero-order chi connectivity index (χ0) is 15.5. The Bertz CT molecular complexity index is 633. The molecule has 0 spiro atoms. The van der Waals surface area contributed by atoms with Gasteiger partial charge in [0.25, 0.3) is 0 Å². The summed E-state index contributed by atoms with van der Waals surface area (Å²) in [7, 11) is 3.61. The fourth-order valence-electron chi connectivity index (χ4n) is 3.09. The normalized spacial score (nSPS) is 17.5. The number of H-pyrrole nitrogens is 1. The number of nitrogens with one attached hydrogen (secondary N) is 1. The first-order valence-corrected chi connectivity index (χ1v) is 7.58. The predicted octanol–water partition coefficient (Wildman–Crippen LogP) is 1.45. The Morgan fingerprint density at radius 1 is 1.55 bits per heavy atom. The minimum atomic E-state index is 0.157. The zero-order valence-electron chi connectivity index (χ0n) is 13.1. The van der Waals surface area contributed by atoms with Gasteiger partial charge in [0.05, 0.1) is 12.3 Å². The molecule has 3 heterocycles. The summed E-state index contributed by atoms with van der Waals surface area (Å²) in [4.78, 5) is 17.6. The molecule has 1 aliphatic heterocycles. The standard InChI is InChI=1S/C16H22N4O2/c1-19-8-12-9-20(10-13(11-22-2)16(12)18-19)15(21)6-5-14-4-3-7-17-14/h3-4,7-8,13,17H,5-6,9-11H2,1-2H3. The quantitative estimate of drug-likeness (QED) is 0.909. The lowest BCUT2D eigenvalue weighted by atomic mass is 9.97. The molecule has 1 N–H and O–H groups in total. The molecule has 1 unspecified atom stereocenters. The van der Waals surface area contributed by atoms with Crippen LogP contribution in [-0.4, -0.2) is 45.8 Å². The van der Waals surface area contributed by atoms with Crippen LogP contribution in [0.25, 0.3) is 0 Å². The Morgan fingerprint density at radius 3 is 3.14 bits per heavy atom. The number of hydrogen-bond acceptors (Lipinski definition) is 3. The number of aromatic nitrogens is 3. The maximum absolute atomic E-state index is 12.5. The minimum Gasteiger partial charge on any atom is -0.384 e. The van der Waals surface area contributed by atoms with Crippen molar-refractivity contribution in [2.75, 3.05) is 20.3 Å². The van der Waals surface area contributed by atoms with Crippen LogP contribution in [0, 0.1) is 0 Å². The minimum absolute atomic E-state index is 0.157. The van der Waals surface area contributed by atoms with Crippen LogP contribution in [0.4, 0.5) is 0 Å². The molecule has 3 rings (SSSR count). The highest BCUT2D eigenvalue weighted by molar-refractivity contribution is 5.76. The van der Waals surface area contributed by atoms with Crippen molar-refractivity contribution in [1.82, 2.24) is 19.7 Å². The highest BCUT2D eigenvalue weighted by Crippen LogP contribution is 2.27. The summed E-state index contributed by atoms with van der Waals surface area (Å²) in [5, 5.41) is 4.53. The summed E-state index contributed by atoms with van der Waals surface area (Å²) in [5.74, 6) is 0.342. The van der Waals surface area contributed by atoms with Crippen molar-refractivity contribution >= 4 is 5.91 Å². The van der Waals surface area contributed by atoms with E-state index in [9.17, 15) is 4.79 Å². The Morgan fingerprint density at radius 2 is 2.41 bits per heavy atom. The third kappa shape index (κ3) is 3.06. The van der Waals surface area contributed by atoms with Gasteiger partial charge in [-0.3, -0.25) is 9.48 Å². The van der Waals surface area contributed by atoms with Gasteiger partial charge >= 0.3 is 0 Å². The molecule has 22 heavy (non-hydrogen) atoms. The van der Waals surface area contributed by atoms with Crippen LogP contribution in [0.1, 0.15) is 29.3 Å². The van der Waals surface area contributed by atoms with E-state index in [0.717, 1.165) is 23.4 Å². The van der Waals surface area contributed by atoms with E-state index in [1.165, 1.54) is 0 Å². The number of hydrogen-bond donors (Lipinski definition) is 1. The molecule has 0 fully saturated rings. The first kappa shape index (κ1) is 14.8. The van der Waals surface area contributed by atoms with E-state index in [4.69, 9.17) is 4.74 Å². The monoisotopic (exact) mass is 302 g/mol. The van der Waals surface area contributed by atoms with Gasteiger partial charge in [0, 0.05) is 63.2 Å². The SMILES string of the molecule is COCC1CN(C(=O)CCc2ccc[nH]2)Cc2cn(C)nc21. The average molecular weight is 302 g/mol. The molecule has 6 heteroatoms. The third-order valence-electron chi connectivity index (χ3n) is 4.12. The van der Waals surface area contributed by atoms with Crippen molar-refractivity contribution in [3.05, 3.63) is 41.5 Å². The Labute approximate surface area is 130 Å². The number of aryl methyl sites for hydroxylation is 2. The van der Waals surface area contributed by atoms with Crippen molar-refractivity contribution in [3.63, 3.8) is 0 Å². The molecule has 0 aromatic carbocycles. The van der Waals surface area contributed by atoms with Crippen LogP contribution in [0.2, 0.25) is 0 Å². The first-order valence-electron chi connectivity index (χ1n) is 7.58. The van der Waals surface area contributed by atoms with Gasteiger partial charge in [-0.1, -0.05) is 0 Å². The summed E-state index contributed by atoms with van der Waals surface area (Å²) < 4.78 is 7.12. The van der Waals surface area contributed by atoms with Crippen molar-refractivity contribution in [3.8, 4) is 0 Å². The third-order valence-corrected chi connectivity index (χ3v) is 4.12. The second kappa shape index (κ2) is 6.36. The summed E-state index contributed by atoms with van der Waals surface area (Å²) in [6, 6.07) is 3.97. The van der Waals surface area contributed by atoms with Crippen molar-refractivity contribution < 1.29 is 9.53 Å². The summed E-state index contributed by atoms with van der Waals surface area (Å²) in [5.41, 5.74) is 3.29. The lowest BCUT2D eigenvalue weighted by Crippen LogP contribution is -2.39. The molecule has 0 radical (unpaired) electrons. The van der Waals surface area contributed by atoms with E-state index in [0.29, 0.717) is 26.1 Å². The molecular formula is C16H22N4O2. The average Bonchev–Trinajstić information content (AvgIpc) is 3.13. The van der Waals surface area contributed by atoms with Gasteiger partial charge in [-0.05, 0) is 18.6 Å². The van der Waals surface area contributed by atoms with Crippen LogP contribution >= 0.6 is 0 Å². The number of carbonyl (C=O) groups excluding carboxylic acids is 1. The topological polar surface area (TPSA) is 63.1 Å². The highest BCUT2D eigenvalue weighted by Gasteiger charge is 2.30. The molecule has 0 saturated heterocycles. The van der Waals surface area contributed by atoms with Gasteiger partial charge in [0.1, 0.15) is 0 Å². The molecule has 1 amide bonds. The smallest absolute Gasteiger partial charge is 0.223 e. The van der Waals surface area contributed by atoms with Crippen LogP contribution in [0.5, 0.6) is 0 Å². The summed E-state index contributed by atoms with van der Waals surface area (Å²) >= 11 is 0. The molecule has 0 saturated carbocycles. The molecule has 2 aromatic rings. The Balaban J connectivity index is 1.68. The number of rotatable bonds is 5. The zero-order valence-corrected chi connectivity index (χ0v) is 13.1. The van der Waals surface area contributed by atoms with E-state index < -0.39 is 0 Å². The molecular weight excluding hydrogens is 280 g/mol. The van der Waals surface area contributed by atoms with Crippen LogP contribution in [0.3, 0.4) is 0 Å². The van der Waals surface area contributed by atoms with Crippen LogP contribution in [-0.2, 0) is 29.5 Å². The number of aromatic amines is 1. The molecule has 1 aliphatic rings. The second-order valence-electron chi connectivity index (χ2n) is 5.84. The molecule has 0 aliphatic carbocycles. The van der Waals surface area contributed by atoms with Gasteiger partial charge in [-0.2, -0.15) is 5.10 Å². The van der Waals surface area contributed by atoms with Gasteiger partial charge in [-0.15, -0.1) is 0 Å². The van der Waals surface area contributed by atoms with Crippen molar-refractivity contribution in [2.45, 2.75) is 25.3 Å².